The highest BCUT2D eigenvalue weighted by Crippen LogP contribution is 2.45. The van der Waals surface area contributed by atoms with Gasteiger partial charge in [0.15, 0.2) is 0 Å². The van der Waals surface area contributed by atoms with Crippen molar-refractivity contribution in [2.45, 2.75) is 0 Å². The minimum Gasteiger partial charge on any atom is -0.456 e. The molecule has 8 aromatic carbocycles. The number of anilines is 3. The molecule has 0 saturated carbocycles. The predicted molar refractivity (Wildman–Crippen MR) is 202 cm³/mol. The number of para-hydroxylation sites is 1. The summed E-state index contributed by atoms with van der Waals surface area (Å²) in [5.74, 6) is 0. The van der Waals surface area contributed by atoms with Gasteiger partial charge >= 0.3 is 0 Å². The summed E-state index contributed by atoms with van der Waals surface area (Å²) in [5, 5.41) is 9.77. The lowest BCUT2D eigenvalue weighted by Gasteiger charge is -2.28. The zero-order valence-electron chi connectivity index (χ0n) is 25.4. The Kier molecular flexibility index (Phi) is 5.78. The average Bonchev–Trinajstić information content (AvgIpc) is 3.69. The Morgan fingerprint density at radius 2 is 1.09 bits per heavy atom. The third kappa shape index (κ3) is 4.17. The predicted octanol–water partition coefficient (Wildman–Crippen LogP) is 13.4. The molecule has 2 heterocycles. The molecule has 0 radical (unpaired) electrons. The molecule has 0 bridgehead atoms. The second-order valence-electron chi connectivity index (χ2n) is 12.1. The maximum absolute atomic E-state index is 6.15. The molecular weight excluding hydrogens is 591 g/mol. The molecule has 220 valence electrons. The molecule has 0 N–H and O–H groups in total. The molecule has 10 rings (SSSR count). The maximum Gasteiger partial charge on any atom is 0.135 e. The first-order valence-corrected chi connectivity index (χ1v) is 16.7. The fourth-order valence-corrected chi connectivity index (χ4v) is 8.36. The van der Waals surface area contributed by atoms with Crippen molar-refractivity contribution in [1.29, 1.82) is 0 Å². The van der Waals surface area contributed by atoms with E-state index >= 15 is 0 Å². The first-order chi connectivity index (χ1) is 23.3. The summed E-state index contributed by atoms with van der Waals surface area (Å²) in [6, 6.07) is 59.2. The van der Waals surface area contributed by atoms with Crippen LogP contribution in [-0.4, -0.2) is 0 Å². The molecule has 0 aliphatic rings. The van der Waals surface area contributed by atoms with E-state index < -0.39 is 0 Å². The highest BCUT2D eigenvalue weighted by atomic mass is 32.1. The molecule has 10 aromatic rings. The van der Waals surface area contributed by atoms with E-state index in [0.29, 0.717) is 0 Å². The third-order valence-corrected chi connectivity index (χ3v) is 10.6. The molecule has 2 nitrogen and oxygen atoms in total. The Morgan fingerprint density at radius 1 is 0.404 bits per heavy atom. The van der Waals surface area contributed by atoms with Crippen LogP contribution in [-0.2, 0) is 0 Å². The Morgan fingerprint density at radius 3 is 2.00 bits per heavy atom. The SMILES string of the molecule is c1ccc2cc(N(c3ccc4c(c3)sc3ccccc34)c3ccc(-c4ccc5oc6ccccc6c5c4)c4ccccc34)ccc2c1. The Bertz CT molecular complexity index is 2820. The number of rotatable bonds is 4. The van der Waals surface area contributed by atoms with Gasteiger partial charge in [-0.1, -0.05) is 109 Å². The van der Waals surface area contributed by atoms with E-state index in [2.05, 4.69) is 157 Å². The fourth-order valence-electron chi connectivity index (χ4n) is 7.22. The zero-order valence-corrected chi connectivity index (χ0v) is 26.2. The van der Waals surface area contributed by atoms with Gasteiger partial charge in [-0.15, -0.1) is 11.3 Å². The van der Waals surface area contributed by atoms with Crippen LogP contribution in [0.1, 0.15) is 0 Å². The minimum absolute atomic E-state index is 0.912. The van der Waals surface area contributed by atoms with Crippen molar-refractivity contribution >= 4 is 92.1 Å². The summed E-state index contributed by atoms with van der Waals surface area (Å²) >= 11 is 1.86. The van der Waals surface area contributed by atoms with Gasteiger partial charge in [0.05, 0.1) is 5.69 Å². The van der Waals surface area contributed by atoms with E-state index in [0.717, 1.165) is 39.0 Å². The van der Waals surface area contributed by atoms with Crippen LogP contribution in [0.25, 0.3) is 74.8 Å². The molecule has 2 aromatic heterocycles. The van der Waals surface area contributed by atoms with Crippen molar-refractivity contribution in [2.75, 3.05) is 4.90 Å². The summed E-state index contributed by atoms with van der Waals surface area (Å²) in [4.78, 5) is 2.43. The van der Waals surface area contributed by atoms with Crippen molar-refractivity contribution in [3.8, 4) is 11.1 Å². The van der Waals surface area contributed by atoms with E-state index in [1.165, 1.54) is 52.8 Å². The van der Waals surface area contributed by atoms with Crippen LogP contribution < -0.4 is 4.90 Å². The van der Waals surface area contributed by atoms with Crippen LogP contribution in [0, 0.1) is 0 Å². The average molecular weight is 618 g/mol. The fraction of sp³-hybridized carbons (Fsp3) is 0. The topological polar surface area (TPSA) is 16.4 Å². The second-order valence-corrected chi connectivity index (χ2v) is 13.2. The summed E-state index contributed by atoms with van der Waals surface area (Å²) in [6.07, 6.45) is 0. The molecular formula is C44H27NOS. The van der Waals surface area contributed by atoms with Gasteiger partial charge in [-0.3, -0.25) is 0 Å². The molecule has 0 aliphatic carbocycles. The van der Waals surface area contributed by atoms with Gasteiger partial charge in [-0.25, -0.2) is 0 Å². The van der Waals surface area contributed by atoms with Gasteiger partial charge in [-0.05, 0) is 81.9 Å². The van der Waals surface area contributed by atoms with Crippen LogP contribution in [0.15, 0.2) is 168 Å². The van der Waals surface area contributed by atoms with Crippen LogP contribution in [0.2, 0.25) is 0 Å². The van der Waals surface area contributed by atoms with Crippen LogP contribution >= 0.6 is 11.3 Å². The first-order valence-electron chi connectivity index (χ1n) is 15.9. The largest absolute Gasteiger partial charge is 0.456 e. The monoisotopic (exact) mass is 617 g/mol. The minimum atomic E-state index is 0.912. The molecule has 0 saturated heterocycles. The number of benzene rings is 8. The summed E-state index contributed by atoms with van der Waals surface area (Å²) in [5.41, 5.74) is 7.63. The maximum atomic E-state index is 6.15. The highest BCUT2D eigenvalue weighted by Gasteiger charge is 2.19. The van der Waals surface area contributed by atoms with Crippen LogP contribution in [0.3, 0.4) is 0 Å². The molecule has 3 heteroatoms. The van der Waals surface area contributed by atoms with E-state index in [1.807, 2.05) is 23.5 Å². The van der Waals surface area contributed by atoms with Crippen molar-refractivity contribution in [3.05, 3.63) is 164 Å². The molecule has 0 atom stereocenters. The lowest BCUT2D eigenvalue weighted by Crippen LogP contribution is -2.10. The van der Waals surface area contributed by atoms with Crippen LogP contribution in [0.5, 0.6) is 0 Å². The summed E-state index contributed by atoms with van der Waals surface area (Å²) in [7, 11) is 0. The molecule has 0 fully saturated rings. The van der Waals surface area contributed by atoms with Crippen LogP contribution in [0.4, 0.5) is 17.1 Å². The number of fused-ring (bicyclic) bond motifs is 8. The molecule has 47 heavy (non-hydrogen) atoms. The van der Waals surface area contributed by atoms with Gasteiger partial charge in [-0.2, -0.15) is 0 Å². The normalized spacial score (nSPS) is 11.8. The first kappa shape index (κ1) is 26.3. The highest BCUT2D eigenvalue weighted by molar-refractivity contribution is 7.25. The second kappa shape index (κ2) is 10.3. The van der Waals surface area contributed by atoms with E-state index in [-0.39, 0.29) is 0 Å². The third-order valence-electron chi connectivity index (χ3n) is 9.44. The Hall–Kier alpha value is -5.90. The Labute approximate surface area is 275 Å². The van der Waals surface area contributed by atoms with Gasteiger partial charge in [0.1, 0.15) is 11.2 Å². The van der Waals surface area contributed by atoms with Crippen molar-refractivity contribution in [2.24, 2.45) is 0 Å². The quantitative estimate of drug-likeness (QED) is 0.195. The Balaban J connectivity index is 1.20. The number of furan rings is 1. The van der Waals surface area contributed by atoms with Crippen molar-refractivity contribution in [3.63, 3.8) is 0 Å². The van der Waals surface area contributed by atoms with E-state index in [9.17, 15) is 0 Å². The van der Waals surface area contributed by atoms with Gasteiger partial charge in [0.25, 0.3) is 0 Å². The van der Waals surface area contributed by atoms with Gasteiger partial charge in [0, 0.05) is 47.7 Å². The smallest absolute Gasteiger partial charge is 0.135 e. The molecule has 0 spiro atoms. The van der Waals surface area contributed by atoms with Crippen molar-refractivity contribution < 1.29 is 4.42 Å². The number of hydrogen-bond donors (Lipinski definition) is 0. The van der Waals surface area contributed by atoms with Crippen molar-refractivity contribution in [1.82, 2.24) is 0 Å². The number of nitrogens with zero attached hydrogens (tertiary/aromatic N) is 1. The zero-order chi connectivity index (χ0) is 30.9. The molecule has 0 aliphatic heterocycles. The summed E-state index contributed by atoms with van der Waals surface area (Å²) in [6.45, 7) is 0. The standard InChI is InChI=1S/C44H27NOS/c1-2-10-29-25-31(19-17-28(29)9-1)45(32-20-21-38-37-14-6-8-16-43(37)47-44(38)27-32)40-23-22-33(34-11-3-4-12-35(34)40)30-18-24-42-39(26-30)36-13-5-7-15-41(36)46-42/h1-27H. The lowest BCUT2D eigenvalue weighted by atomic mass is 9.95. The van der Waals surface area contributed by atoms with E-state index in [4.69, 9.17) is 4.42 Å². The summed E-state index contributed by atoms with van der Waals surface area (Å²) < 4.78 is 8.76. The van der Waals surface area contributed by atoms with Gasteiger partial charge < -0.3 is 9.32 Å². The molecule has 0 amide bonds. The number of hydrogen-bond acceptors (Lipinski definition) is 3. The molecule has 0 unspecified atom stereocenters. The van der Waals surface area contributed by atoms with Gasteiger partial charge in [0.2, 0.25) is 0 Å². The van der Waals surface area contributed by atoms with E-state index in [1.54, 1.807) is 0 Å². The lowest BCUT2D eigenvalue weighted by molar-refractivity contribution is 0.669. The number of thiophene rings is 1.